The van der Waals surface area contributed by atoms with E-state index in [0.29, 0.717) is 42.5 Å². The first kappa shape index (κ1) is 18.9. The van der Waals surface area contributed by atoms with E-state index >= 15 is 0 Å². The SMILES string of the molecule is [C-]#[N+]c1cccc(Oc2ncnc3c2CCN(C(=O)OC(C)(C)C)C3)c1Cl. The average Bonchev–Trinajstić information content (AvgIpc) is 2.62. The van der Waals surface area contributed by atoms with E-state index in [2.05, 4.69) is 14.8 Å². The highest BCUT2D eigenvalue weighted by molar-refractivity contribution is 6.34. The van der Waals surface area contributed by atoms with Crippen LogP contribution in [0, 0.1) is 6.57 Å². The van der Waals surface area contributed by atoms with Crippen molar-refractivity contribution in [3.63, 3.8) is 0 Å². The molecule has 1 aromatic heterocycles. The number of hydrogen-bond acceptors (Lipinski definition) is 5. The van der Waals surface area contributed by atoms with Crippen molar-refractivity contribution in [2.24, 2.45) is 0 Å². The lowest BCUT2D eigenvalue weighted by atomic mass is 10.1. The molecule has 0 saturated heterocycles. The first-order chi connectivity index (χ1) is 12.8. The Balaban J connectivity index is 1.82. The van der Waals surface area contributed by atoms with Gasteiger partial charge in [0.05, 0.1) is 23.8 Å². The van der Waals surface area contributed by atoms with Gasteiger partial charge in [-0.15, -0.1) is 0 Å². The fraction of sp³-hybridized carbons (Fsp3) is 0.368. The zero-order valence-corrected chi connectivity index (χ0v) is 16.1. The van der Waals surface area contributed by atoms with Gasteiger partial charge in [-0.1, -0.05) is 23.7 Å². The molecule has 0 atom stereocenters. The van der Waals surface area contributed by atoms with Gasteiger partial charge in [-0.2, -0.15) is 0 Å². The fourth-order valence-corrected chi connectivity index (χ4v) is 2.87. The molecule has 1 aromatic carbocycles. The Hall–Kier alpha value is -2.85. The van der Waals surface area contributed by atoms with Gasteiger partial charge in [-0.25, -0.2) is 19.6 Å². The van der Waals surface area contributed by atoms with Gasteiger partial charge < -0.3 is 14.4 Å². The summed E-state index contributed by atoms with van der Waals surface area (Å²) in [6, 6.07) is 5.00. The summed E-state index contributed by atoms with van der Waals surface area (Å²) in [6.45, 7) is 13.4. The van der Waals surface area contributed by atoms with E-state index < -0.39 is 5.60 Å². The second-order valence-corrected chi connectivity index (χ2v) is 7.44. The van der Waals surface area contributed by atoms with E-state index in [1.54, 1.807) is 23.1 Å². The normalized spacial score (nSPS) is 13.5. The lowest BCUT2D eigenvalue weighted by molar-refractivity contribution is 0.0219. The molecule has 7 nitrogen and oxygen atoms in total. The minimum atomic E-state index is -0.554. The van der Waals surface area contributed by atoms with Crippen molar-refractivity contribution >= 4 is 23.4 Å². The van der Waals surface area contributed by atoms with Crippen LogP contribution in [0.4, 0.5) is 10.5 Å². The molecule has 0 spiro atoms. The summed E-state index contributed by atoms with van der Waals surface area (Å²) in [5, 5.41) is 0.242. The van der Waals surface area contributed by atoms with Crippen LogP contribution in [0.1, 0.15) is 32.0 Å². The van der Waals surface area contributed by atoms with Crippen molar-refractivity contribution in [3.8, 4) is 11.6 Å². The number of carbonyl (C=O) groups excluding carboxylic acids is 1. The molecule has 0 radical (unpaired) electrons. The maximum Gasteiger partial charge on any atom is 0.410 e. The molecule has 2 aromatic rings. The van der Waals surface area contributed by atoms with Crippen LogP contribution < -0.4 is 4.74 Å². The van der Waals surface area contributed by atoms with Crippen LogP contribution in [-0.2, 0) is 17.7 Å². The number of fused-ring (bicyclic) bond motifs is 1. The fourth-order valence-electron chi connectivity index (χ4n) is 2.66. The standard InChI is InChI=1S/C19H19ClN4O3/c1-19(2,3)27-18(25)24-9-8-12-14(10-24)22-11-23-17(12)26-15-7-5-6-13(21-4)16(15)20/h5-7,11H,8-10H2,1-3H3. The molecule has 0 unspecified atom stereocenters. The molecule has 3 rings (SSSR count). The summed E-state index contributed by atoms with van der Waals surface area (Å²) in [6.07, 6.45) is 1.55. The number of hydrogen-bond donors (Lipinski definition) is 0. The van der Waals surface area contributed by atoms with Gasteiger partial charge in [-0.05, 0) is 33.3 Å². The second-order valence-electron chi connectivity index (χ2n) is 7.06. The van der Waals surface area contributed by atoms with Gasteiger partial charge in [0, 0.05) is 12.1 Å². The molecule has 0 aliphatic carbocycles. The second kappa shape index (κ2) is 7.41. The molecule has 1 aliphatic heterocycles. The third kappa shape index (κ3) is 4.29. The molecular weight excluding hydrogens is 368 g/mol. The summed E-state index contributed by atoms with van der Waals surface area (Å²) in [5.74, 6) is 0.744. The number of benzene rings is 1. The van der Waals surface area contributed by atoms with Crippen LogP contribution in [-0.4, -0.2) is 33.1 Å². The van der Waals surface area contributed by atoms with Crippen molar-refractivity contribution in [1.29, 1.82) is 0 Å². The number of nitrogens with zero attached hydrogens (tertiary/aromatic N) is 4. The van der Waals surface area contributed by atoms with Gasteiger partial charge in [0.15, 0.2) is 0 Å². The molecule has 0 saturated carbocycles. The summed E-state index contributed by atoms with van der Waals surface area (Å²) < 4.78 is 11.3. The third-order valence-electron chi connectivity index (χ3n) is 3.89. The minimum absolute atomic E-state index is 0.242. The molecular formula is C19H19ClN4O3. The maximum atomic E-state index is 12.3. The van der Waals surface area contributed by atoms with Gasteiger partial charge in [0.2, 0.25) is 11.6 Å². The number of halogens is 1. The summed E-state index contributed by atoms with van der Waals surface area (Å²) in [4.78, 5) is 25.8. The Kier molecular flexibility index (Phi) is 5.19. The van der Waals surface area contributed by atoms with Gasteiger partial charge >= 0.3 is 6.09 Å². The molecule has 27 heavy (non-hydrogen) atoms. The van der Waals surface area contributed by atoms with E-state index in [-0.39, 0.29) is 11.1 Å². The lowest BCUT2D eigenvalue weighted by Gasteiger charge is -2.30. The largest absolute Gasteiger partial charge is 0.444 e. The van der Waals surface area contributed by atoms with Gasteiger partial charge in [0.1, 0.15) is 17.7 Å². The summed E-state index contributed by atoms with van der Waals surface area (Å²) in [5.41, 5.74) is 1.28. The molecule has 1 aliphatic rings. The number of ether oxygens (including phenoxy) is 2. The quantitative estimate of drug-likeness (QED) is 0.695. The summed E-state index contributed by atoms with van der Waals surface area (Å²) in [7, 11) is 0. The number of carbonyl (C=O) groups is 1. The maximum absolute atomic E-state index is 12.3. The Bertz CT molecular complexity index is 918. The summed E-state index contributed by atoms with van der Waals surface area (Å²) >= 11 is 6.22. The topological polar surface area (TPSA) is 68.9 Å². The highest BCUT2D eigenvalue weighted by Gasteiger charge is 2.28. The monoisotopic (exact) mass is 386 g/mol. The number of aromatic nitrogens is 2. The van der Waals surface area contributed by atoms with Crippen molar-refractivity contribution in [2.45, 2.75) is 39.3 Å². The Labute approximate surface area is 162 Å². The van der Waals surface area contributed by atoms with Crippen LogP contribution >= 0.6 is 11.6 Å². The predicted molar refractivity (Wildman–Crippen MR) is 100 cm³/mol. The molecule has 1 amide bonds. The molecule has 0 N–H and O–H groups in total. The first-order valence-corrected chi connectivity index (χ1v) is 8.81. The van der Waals surface area contributed by atoms with Crippen molar-refractivity contribution < 1.29 is 14.3 Å². The molecule has 2 heterocycles. The Morgan fingerprint density at radius 2 is 2.11 bits per heavy atom. The van der Waals surface area contributed by atoms with E-state index in [1.165, 1.54) is 6.33 Å². The highest BCUT2D eigenvalue weighted by atomic mass is 35.5. The first-order valence-electron chi connectivity index (χ1n) is 8.43. The van der Waals surface area contributed by atoms with E-state index in [1.807, 2.05) is 20.8 Å². The van der Waals surface area contributed by atoms with Crippen LogP contribution in [0.3, 0.4) is 0 Å². The minimum Gasteiger partial charge on any atom is -0.444 e. The van der Waals surface area contributed by atoms with Crippen LogP contribution in [0.2, 0.25) is 5.02 Å². The van der Waals surface area contributed by atoms with E-state index in [9.17, 15) is 4.79 Å². The van der Waals surface area contributed by atoms with Crippen molar-refractivity contribution in [2.75, 3.05) is 6.54 Å². The highest BCUT2D eigenvalue weighted by Crippen LogP contribution is 2.37. The predicted octanol–water partition coefficient (Wildman–Crippen LogP) is 4.77. The Morgan fingerprint density at radius 1 is 1.33 bits per heavy atom. The van der Waals surface area contributed by atoms with Crippen LogP contribution in [0.5, 0.6) is 11.6 Å². The zero-order valence-electron chi connectivity index (χ0n) is 15.3. The Morgan fingerprint density at radius 3 is 2.81 bits per heavy atom. The van der Waals surface area contributed by atoms with Crippen LogP contribution in [0.25, 0.3) is 4.85 Å². The van der Waals surface area contributed by atoms with E-state index in [4.69, 9.17) is 27.6 Å². The molecule has 0 bridgehead atoms. The lowest BCUT2D eigenvalue weighted by Crippen LogP contribution is -2.40. The third-order valence-corrected chi connectivity index (χ3v) is 4.27. The zero-order chi connectivity index (χ0) is 19.6. The van der Waals surface area contributed by atoms with Crippen molar-refractivity contribution in [1.82, 2.24) is 14.9 Å². The van der Waals surface area contributed by atoms with E-state index in [0.717, 1.165) is 5.56 Å². The van der Waals surface area contributed by atoms with Crippen molar-refractivity contribution in [3.05, 3.63) is 52.2 Å². The molecule has 140 valence electrons. The average molecular weight is 387 g/mol. The smallest absolute Gasteiger partial charge is 0.410 e. The van der Waals surface area contributed by atoms with Gasteiger partial charge in [-0.3, -0.25) is 0 Å². The molecule has 8 heteroatoms. The number of rotatable bonds is 2. The van der Waals surface area contributed by atoms with Crippen LogP contribution in [0.15, 0.2) is 24.5 Å². The molecule has 0 fully saturated rings. The van der Waals surface area contributed by atoms with Gasteiger partial charge in [0.25, 0.3) is 0 Å². The number of amides is 1.